The summed E-state index contributed by atoms with van der Waals surface area (Å²) in [7, 11) is 0. The van der Waals surface area contributed by atoms with E-state index in [0.717, 1.165) is 58.3 Å². The van der Waals surface area contributed by atoms with Crippen LogP contribution in [0.2, 0.25) is 0 Å². The van der Waals surface area contributed by atoms with Crippen molar-refractivity contribution >= 4 is 5.91 Å². The van der Waals surface area contributed by atoms with Crippen LogP contribution in [0.15, 0.2) is 0 Å². The van der Waals surface area contributed by atoms with Crippen molar-refractivity contribution in [3.8, 4) is 0 Å². The third-order valence-electron chi connectivity index (χ3n) is 4.28. The van der Waals surface area contributed by atoms with Gasteiger partial charge in [-0.05, 0) is 25.7 Å². The zero-order valence-corrected chi connectivity index (χ0v) is 10.7. The van der Waals surface area contributed by atoms with Crippen molar-refractivity contribution in [1.82, 2.24) is 10.6 Å². The number of rotatable bonds is 2. The van der Waals surface area contributed by atoms with E-state index in [2.05, 4.69) is 10.6 Å². The summed E-state index contributed by atoms with van der Waals surface area (Å²) in [6.07, 6.45) is 5.98. The van der Waals surface area contributed by atoms with Gasteiger partial charge in [-0.3, -0.25) is 4.79 Å². The molecule has 5 heteroatoms. The number of ether oxygens (including phenoxy) is 2. The summed E-state index contributed by atoms with van der Waals surface area (Å²) in [6, 6.07) is 0.431. The molecule has 2 N–H and O–H groups in total. The van der Waals surface area contributed by atoms with E-state index in [-0.39, 0.29) is 17.7 Å². The van der Waals surface area contributed by atoms with Gasteiger partial charge < -0.3 is 20.1 Å². The average molecular weight is 254 g/mol. The maximum atomic E-state index is 11.7. The molecule has 1 atom stereocenters. The molecule has 1 aliphatic carbocycles. The van der Waals surface area contributed by atoms with Gasteiger partial charge in [0.25, 0.3) is 0 Å². The molecule has 3 fully saturated rings. The first-order chi connectivity index (χ1) is 8.77. The van der Waals surface area contributed by atoms with Crippen molar-refractivity contribution in [3.05, 3.63) is 0 Å². The third kappa shape index (κ3) is 2.53. The summed E-state index contributed by atoms with van der Waals surface area (Å²) < 4.78 is 11.4. The van der Waals surface area contributed by atoms with Crippen LogP contribution in [0.1, 0.15) is 38.5 Å². The smallest absolute Gasteiger partial charge is 0.237 e. The second-order valence-electron chi connectivity index (χ2n) is 5.53. The SMILES string of the molecule is O=C1NCCCC1NC1CCC2(CC1)OCCO2. The molecule has 18 heavy (non-hydrogen) atoms. The fraction of sp³-hybridized carbons (Fsp3) is 0.923. The molecule has 2 aliphatic heterocycles. The fourth-order valence-electron chi connectivity index (χ4n) is 3.23. The molecule has 0 bridgehead atoms. The van der Waals surface area contributed by atoms with Gasteiger partial charge in [0.1, 0.15) is 0 Å². The second kappa shape index (κ2) is 5.15. The molecule has 1 unspecified atom stereocenters. The zero-order chi connectivity index (χ0) is 12.4. The highest BCUT2D eigenvalue weighted by Gasteiger charge is 2.40. The van der Waals surface area contributed by atoms with Crippen molar-refractivity contribution in [2.45, 2.75) is 56.4 Å². The number of piperidine rings is 1. The van der Waals surface area contributed by atoms with Crippen molar-refractivity contribution in [1.29, 1.82) is 0 Å². The summed E-state index contributed by atoms with van der Waals surface area (Å²) in [5, 5.41) is 6.41. The Kier molecular flexibility index (Phi) is 3.54. The number of carbonyl (C=O) groups is 1. The van der Waals surface area contributed by atoms with Gasteiger partial charge in [0.2, 0.25) is 5.91 Å². The van der Waals surface area contributed by atoms with E-state index < -0.39 is 0 Å². The summed E-state index contributed by atoms with van der Waals surface area (Å²) in [5.74, 6) is -0.137. The van der Waals surface area contributed by atoms with E-state index in [9.17, 15) is 4.79 Å². The fourth-order valence-corrected chi connectivity index (χ4v) is 3.23. The zero-order valence-electron chi connectivity index (χ0n) is 10.7. The minimum Gasteiger partial charge on any atom is -0.355 e. The van der Waals surface area contributed by atoms with Gasteiger partial charge in [-0.15, -0.1) is 0 Å². The van der Waals surface area contributed by atoms with Crippen LogP contribution in [-0.4, -0.2) is 43.5 Å². The third-order valence-corrected chi connectivity index (χ3v) is 4.28. The largest absolute Gasteiger partial charge is 0.355 e. The van der Waals surface area contributed by atoms with Crippen LogP contribution in [0.4, 0.5) is 0 Å². The molecular formula is C13H22N2O3. The minimum absolute atomic E-state index is 0.00298. The Morgan fingerprint density at radius 3 is 2.56 bits per heavy atom. The number of hydrogen-bond donors (Lipinski definition) is 2. The number of nitrogens with one attached hydrogen (secondary N) is 2. The summed E-state index contributed by atoms with van der Waals surface area (Å²) >= 11 is 0. The highest BCUT2D eigenvalue weighted by atomic mass is 16.7. The van der Waals surface area contributed by atoms with Crippen LogP contribution in [0.5, 0.6) is 0 Å². The highest BCUT2D eigenvalue weighted by Crippen LogP contribution is 2.35. The van der Waals surface area contributed by atoms with E-state index in [1.165, 1.54) is 0 Å². The Labute approximate surface area is 108 Å². The van der Waals surface area contributed by atoms with Crippen LogP contribution in [-0.2, 0) is 14.3 Å². The Bertz CT molecular complexity index is 305. The van der Waals surface area contributed by atoms with Crippen molar-refractivity contribution in [2.75, 3.05) is 19.8 Å². The molecule has 3 rings (SSSR count). The highest BCUT2D eigenvalue weighted by molar-refractivity contribution is 5.82. The molecule has 2 heterocycles. The Balaban J connectivity index is 1.49. The topological polar surface area (TPSA) is 59.6 Å². The lowest BCUT2D eigenvalue weighted by Crippen LogP contribution is -2.53. The average Bonchev–Trinajstić information content (AvgIpc) is 2.84. The summed E-state index contributed by atoms with van der Waals surface area (Å²) in [5.41, 5.74) is 0. The molecular weight excluding hydrogens is 232 g/mol. The molecule has 0 aromatic rings. The van der Waals surface area contributed by atoms with E-state index in [1.54, 1.807) is 0 Å². The lowest BCUT2D eigenvalue weighted by atomic mass is 9.89. The van der Waals surface area contributed by atoms with Gasteiger partial charge in [-0.1, -0.05) is 0 Å². The Morgan fingerprint density at radius 1 is 1.17 bits per heavy atom. The standard InChI is InChI=1S/C13H22N2O3/c16-12-11(2-1-7-14-12)15-10-3-5-13(6-4-10)17-8-9-18-13/h10-11,15H,1-9H2,(H,14,16). The van der Waals surface area contributed by atoms with E-state index in [1.807, 2.05) is 0 Å². The molecule has 0 radical (unpaired) electrons. The van der Waals surface area contributed by atoms with Gasteiger partial charge in [-0.25, -0.2) is 0 Å². The van der Waals surface area contributed by atoms with Crippen LogP contribution in [0.25, 0.3) is 0 Å². The predicted molar refractivity (Wildman–Crippen MR) is 66.1 cm³/mol. The lowest BCUT2D eigenvalue weighted by molar-refractivity contribution is -0.179. The number of hydrogen-bond acceptors (Lipinski definition) is 4. The quantitative estimate of drug-likeness (QED) is 0.755. The van der Waals surface area contributed by atoms with Crippen LogP contribution < -0.4 is 10.6 Å². The van der Waals surface area contributed by atoms with Gasteiger partial charge in [-0.2, -0.15) is 0 Å². The normalized spacial score (nSPS) is 32.7. The van der Waals surface area contributed by atoms with Gasteiger partial charge in [0.15, 0.2) is 5.79 Å². The van der Waals surface area contributed by atoms with Gasteiger partial charge in [0, 0.05) is 25.4 Å². The van der Waals surface area contributed by atoms with Crippen molar-refractivity contribution in [3.63, 3.8) is 0 Å². The maximum absolute atomic E-state index is 11.7. The van der Waals surface area contributed by atoms with Gasteiger partial charge in [0.05, 0.1) is 19.3 Å². The molecule has 1 spiro atoms. The minimum atomic E-state index is -0.299. The maximum Gasteiger partial charge on any atom is 0.237 e. The van der Waals surface area contributed by atoms with Crippen LogP contribution >= 0.6 is 0 Å². The number of carbonyl (C=O) groups excluding carboxylic acids is 1. The van der Waals surface area contributed by atoms with Crippen molar-refractivity contribution in [2.24, 2.45) is 0 Å². The summed E-state index contributed by atoms with van der Waals surface area (Å²) in [6.45, 7) is 2.28. The monoisotopic (exact) mass is 254 g/mol. The number of amides is 1. The van der Waals surface area contributed by atoms with E-state index in [0.29, 0.717) is 6.04 Å². The van der Waals surface area contributed by atoms with Crippen molar-refractivity contribution < 1.29 is 14.3 Å². The van der Waals surface area contributed by atoms with E-state index >= 15 is 0 Å². The Morgan fingerprint density at radius 2 is 1.89 bits per heavy atom. The Hall–Kier alpha value is -0.650. The van der Waals surface area contributed by atoms with Gasteiger partial charge >= 0.3 is 0 Å². The second-order valence-corrected chi connectivity index (χ2v) is 5.53. The molecule has 0 aromatic carbocycles. The predicted octanol–water partition coefficient (Wildman–Crippen LogP) is 0.540. The molecule has 5 nitrogen and oxygen atoms in total. The van der Waals surface area contributed by atoms with Crippen LogP contribution in [0, 0.1) is 0 Å². The molecule has 3 aliphatic rings. The van der Waals surface area contributed by atoms with E-state index in [4.69, 9.17) is 9.47 Å². The molecule has 1 amide bonds. The van der Waals surface area contributed by atoms with Crippen LogP contribution in [0.3, 0.4) is 0 Å². The molecule has 0 aromatic heterocycles. The first-order valence-electron chi connectivity index (χ1n) is 7.09. The lowest BCUT2D eigenvalue weighted by Gasteiger charge is -2.37. The first kappa shape index (κ1) is 12.4. The molecule has 102 valence electrons. The molecule has 1 saturated carbocycles. The molecule has 2 saturated heterocycles. The first-order valence-corrected chi connectivity index (χ1v) is 7.09. The summed E-state index contributed by atoms with van der Waals surface area (Å²) in [4.78, 5) is 11.7.